The monoisotopic (exact) mass is 283 g/mol. The summed E-state index contributed by atoms with van der Waals surface area (Å²) in [6.07, 6.45) is 2.61. The van der Waals surface area contributed by atoms with E-state index in [-0.39, 0.29) is 17.2 Å². The lowest BCUT2D eigenvalue weighted by atomic mass is 10.2. The van der Waals surface area contributed by atoms with Crippen LogP contribution in [-0.2, 0) is 4.74 Å². The Balaban J connectivity index is 2.63. The first-order chi connectivity index (χ1) is 9.56. The highest BCUT2D eigenvalue weighted by molar-refractivity contribution is 5.86. The summed E-state index contributed by atoms with van der Waals surface area (Å²) in [5.41, 5.74) is -0.454. The Morgan fingerprint density at radius 3 is 2.80 bits per heavy atom. The maximum absolute atomic E-state index is 10.8. The molecular weight excluding hydrogens is 266 g/mol. The number of aromatic nitrogens is 1. The third-order valence-electron chi connectivity index (χ3n) is 2.61. The number of rotatable bonds is 9. The van der Waals surface area contributed by atoms with Gasteiger partial charge in [-0.3, -0.25) is 10.1 Å². The van der Waals surface area contributed by atoms with E-state index in [0.29, 0.717) is 13.2 Å². The van der Waals surface area contributed by atoms with Crippen molar-refractivity contribution in [3.8, 4) is 0 Å². The second-order valence-electron chi connectivity index (χ2n) is 4.11. The summed E-state index contributed by atoms with van der Waals surface area (Å²) in [4.78, 5) is 24.8. The molecule has 8 nitrogen and oxygen atoms in total. The topological polar surface area (TPSA) is 115 Å². The average Bonchev–Trinajstić information content (AvgIpc) is 2.42. The minimum Gasteiger partial charge on any atom is -0.477 e. The summed E-state index contributed by atoms with van der Waals surface area (Å²) in [5, 5.41) is 22.5. The summed E-state index contributed by atoms with van der Waals surface area (Å²) >= 11 is 0. The van der Waals surface area contributed by atoms with Gasteiger partial charge in [0.15, 0.2) is 5.69 Å². The zero-order chi connectivity index (χ0) is 15.0. The molecule has 0 saturated heterocycles. The number of nitrogens with zero attached hydrogens (tertiary/aromatic N) is 2. The number of carboxylic acids is 1. The predicted molar refractivity (Wildman–Crippen MR) is 72.1 cm³/mol. The van der Waals surface area contributed by atoms with Gasteiger partial charge >= 0.3 is 11.7 Å². The number of carbonyl (C=O) groups is 1. The van der Waals surface area contributed by atoms with Crippen LogP contribution >= 0.6 is 0 Å². The van der Waals surface area contributed by atoms with Crippen molar-refractivity contribution in [3.63, 3.8) is 0 Å². The molecular formula is C12H17N3O5. The SMILES string of the molecule is COCCCCCNc1nc(C(=O)O)ccc1[N+](=O)[O-]. The first-order valence-corrected chi connectivity index (χ1v) is 6.17. The molecule has 20 heavy (non-hydrogen) atoms. The lowest BCUT2D eigenvalue weighted by Gasteiger charge is -2.07. The van der Waals surface area contributed by atoms with Crippen LogP contribution in [0.25, 0.3) is 0 Å². The number of aromatic carboxylic acids is 1. The standard InChI is InChI=1S/C12H17N3O5/c1-20-8-4-2-3-7-13-11-10(15(18)19)6-5-9(14-11)12(16)17/h5-6H,2-4,7-8H2,1H3,(H,13,14)(H,16,17). The van der Waals surface area contributed by atoms with E-state index in [4.69, 9.17) is 9.84 Å². The molecule has 0 radical (unpaired) electrons. The van der Waals surface area contributed by atoms with Gasteiger partial charge in [0.05, 0.1) is 4.92 Å². The minimum absolute atomic E-state index is 0.0124. The van der Waals surface area contributed by atoms with E-state index in [1.54, 1.807) is 7.11 Å². The maximum Gasteiger partial charge on any atom is 0.354 e. The number of carboxylic acid groups (broad SMARTS) is 1. The second kappa shape index (κ2) is 8.05. The maximum atomic E-state index is 10.8. The molecule has 2 N–H and O–H groups in total. The van der Waals surface area contributed by atoms with Gasteiger partial charge < -0.3 is 15.2 Å². The van der Waals surface area contributed by atoms with Crippen molar-refractivity contribution in [3.05, 3.63) is 27.9 Å². The molecule has 0 aliphatic heterocycles. The zero-order valence-corrected chi connectivity index (χ0v) is 11.2. The van der Waals surface area contributed by atoms with Crippen molar-refractivity contribution in [2.45, 2.75) is 19.3 Å². The summed E-state index contributed by atoms with van der Waals surface area (Å²) in [6.45, 7) is 1.16. The van der Waals surface area contributed by atoms with E-state index < -0.39 is 10.9 Å². The van der Waals surface area contributed by atoms with Crippen LogP contribution in [0.1, 0.15) is 29.8 Å². The third-order valence-corrected chi connectivity index (χ3v) is 2.61. The lowest BCUT2D eigenvalue weighted by Crippen LogP contribution is -2.10. The Labute approximate surface area is 115 Å². The summed E-state index contributed by atoms with van der Waals surface area (Å²) in [5.74, 6) is -1.23. The van der Waals surface area contributed by atoms with Crippen molar-refractivity contribution < 1.29 is 19.6 Å². The van der Waals surface area contributed by atoms with Gasteiger partial charge in [0.1, 0.15) is 0 Å². The fourth-order valence-electron chi connectivity index (χ4n) is 1.60. The Bertz CT molecular complexity index is 478. The van der Waals surface area contributed by atoms with Gasteiger partial charge in [0, 0.05) is 26.3 Å². The van der Waals surface area contributed by atoms with E-state index in [1.165, 1.54) is 0 Å². The first kappa shape index (κ1) is 15.8. The minimum atomic E-state index is -1.22. The highest BCUT2D eigenvalue weighted by Gasteiger charge is 2.17. The van der Waals surface area contributed by atoms with E-state index in [1.807, 2.05) is 0 Å². The van der Waals surface area contributed by atoms with Crippen LogP contribution in [-0.4, -0.2) is 41.2 Å². The van der Waals surface area contributed by atoms with E-state index in [2.05, 4.69) is 10.3 Å². The fraction of sp³-hybridized carbons (Fsp3) is 0.500. The van der Waals surface area contributed by atoms with Crippen molar-refractivity contribution in [2.75, 3.05) is 25.6 Å². The van der Waals surface area contributed by atoms with Crippen LogP contribution in [0.5, 0.6) is 0 Å². The molecule has 1 aromatic rings. The number of ether oxygens (including phenoxy) is 1. The van der Waals surface area contributed by atoms with Crippen LogP contribution in [0, 0.1) is 10.1 Å². The van der Waals surface area contributed by atoms with Gasteiger partial charge in [-0.15, -0.1) is 0 Å². The third kappa shape index (κ3) is 4.81. The van der Waals surface area contributed by atoms with Crippen molar-refractivity contribution in [2.24, 2.45) is 0 Å². The zero-order valence-electron chi connectivity index (χ0n) is 11.2. The van der Waals surface area contributed by atoms with Crippen LogP contribution in [0.3, 0.4) is 0 Å². The Kier molecular flexibility index (Phi) is 6.38. The van der Waals surface area contributed by atoms with Gasteiger partial charge in [-0.2, -0.15) is 0 Å². The number of hydrogen-bond donors (Lipinski definition) is 2. The molecule has 0 fully saturated rings. The van der Waals surface area contributed by atoms with E-state index >= 15 is 0 Å². The summed E-state index contributed by atoms with van der Waals surface area (Å²) in [6, 6.07) is 2.26. The van der Waals surface area contributed by atoms with Crippen LogP contribution < -0.4 is 5.32 Å². The highest BCUT2D eigenvalue weighted by Crippen LogP contribution is 2.22. The van der Waals surface area contributed by atoms with Crippen LogP contribution in [0.2, 0.25) is 0 Å². The molecule has 0 aromatic carbocycles. The molecule has 0 bridgehead atoms. The van der Waals surface area contributed by atoms with Crippen LogP contribution in [0.15, 0.2) is 12.1 Å². The van der Waals surface area contributed by atoms with Gasteiger partial charge in [-0.05, 0) is 25.3 Å². The number of methoxy groups -OCH3 is 1. The second-order valence-corrected chi connectivity index (χ2v) is 4.11. The quantitative estimate of drug-likeness (QED) is 0.404. The first-order valence-electron chi connectivity index (χ1n) is 6.17. The number of nitro groups is 1. The lowest BCUT2D eigenvalue weighted by molar-refractivity contribution is -0.384. The molecule has 0 amide bonds. The molecule has 0 aliphatic rings. The molecule has 1 aromatic heterocycles. The van der Waals surface area contributed by atoms with Crippen molar-refractivity contribution in [1.29, 1.82) is 0 Å². The molecule has 0 atom stereocenters. The molecule has 0 aliphatic carbocycles. The Hall–Kier alpha value is -2.22. The largest absolute Gasteiger partial charge is 0.477 e. The smallest absolute Gasteiger partial charge is 0.354 e. The number of unbranched alkanes of at least 4 members (excludes halogenated alkanes) is 2. The number of hydrogen-bond acceptors (Lipinski definition) is 6. The van der Waals surface area contributed by atoms with Gasteiger partial charge in [-0.25, -0.2) is 9.78 Å². The molecule has 0 saturated carbocycles. The molecule has 1 rings (SSSR count). The van der Waals surface area contributed by atoms with Gasteiger partial charge in [0.25, 0.3) is 0 Å². The van der Waals surface area contributed by atoms with Crippen LogP contribution in [0.4, 0.5) is 11.5 Å². The summed E-state index contributed by atoms with van der Waals surface area (Å²) in [7, 11) is 1.63. The molecule has 8 heteroatoms. The predicted octanol–water partition coefficient (Wildman–Crippen LogP) is 1.92. The summed E-state index contributed by atoms with van der Waals surface area (Å²) < 4.78 is 4.91. The Morgan fingerprint density at radius 2 is 2.20 bits per heavy atom. The number of pyridine rings is 1. The number of nitrogens with one attached hydrogen (secondary N) is 1. The molecule has 110 valence electrons. The highest BCUT2D eigenvalue weighted by atomic mass is 16.6. The molecule has 0 unspecified atom stereocenters. The normalized spacial score (nSPS) is 10.2. The Morgan fingerprint density at radius 1 is 1.45 bits per heavy atom. The van der Waals surface area contributed by atoms with Crippen molar-refractivity contribution in [1.82, 2.24) is 4.98 Å². The van der Waals surface area contributed by atoms with E-state index in [9.17, 15) is 14.9 Å². The molecule has 0 spiro atoms. The fourth-order valence-corrected chi connectivity index (χ4v) is 1.60. The molecule has 1 heterocycles. The van der Waals surface area contributed by atoms with Gasteiger partial charge in [0.2, 0.25) is 5.82 Å². The van der Waals surface area contributed by atoms with Gasteiger partial charge in [-0.1, -0.05) is 0 Å². The van der Waals surface area contributed by atoms with E-state index in [0.717, 1.165) is 31.4 Å². The number of anilines is 1. The van der Waals surface area contributed by atoms with Crippen molar-refractivity contribution >= 4 is 17.5 Å². The average molecular weight is 283 g/mol.